The van der Waals surface area contributed by atoms with Crippen LogP contribution in [0.4, 0.5) is 17.1 Å². The predicted molar refractivity (Wildman–Crippen MR) is 229 cm³/mol. The van der Waals surface area contributed by atoms with Crippen molar-refractivity contribution < 1.29 is 4.42 Å². The second-order valence-electron chi connectivity index (χ2n) is 15.8. The first kappa shape index (κ1) is 29.4. The fourth-order valence-corrected chi connectivity index (χ4v) is 10.2. The Bertz CT molecular complexity index is 3590. The van der Waals surface area contributed by atoms with Gasteiger partial charge in [0.25, 0.3) is 0 Å². The van der Waals surface area contributed by atoms with Gasteiger partial charge in [0, 0.05) is 60.9 Å². The van der Waals surface area contributed by atoms with Gasteiger partial charge in [-0.05, 0) is 82.9 Å². The number of benzene rings is 8. The van der Waals surface area contributed by atoms with Crippen molar-refractivity contribution in [3.05, 3.63) is 175 Å². The molecule has 4 heterocycles. The summed E-state index contributed by atoms with van der Waals surface area (Å²) in [5.74, 6) is 0. The lowest BCUT2D eigenvalue weighted by atomic mass is 9.82. The highest BCUT2D eigenvalue weighted by Crippen LogP contribution is 2.51. The summed E-state index contributed by atoms with van der Waals surface area (Å²) in [4.78, 5) is 2.42. The highest BCUT2D eigenvalue weighted by Gasteiger charge is 2.36. The second kappa shape index (κ2) is 10.1. The molecule has 0 atom stereocenters. The number of fused-ring (bicyclic) bond motifs is 15. The molecule has 258 valence electrons. The Kier molecular flexibility index (Phi) is 5.42. The van der Waals surface area contributed by atoms with Gasteiger partial charge in [0.15, 0.2) is 0 Å². The lowest BCUT2D eigenvalue weighted by molar-refractivity contribution is 0.660. The molecule has 4 aromatic heterocycles. The Morgan fingerprint density at radius 2 is 0.945 bits per heavy atom. The minimum absolute atomic E-state index is 0.133. The van der Waals surface area contributed by atoms with E-state index in [4.69, 9.17) is 4.42 Å². The molecule has 1 aliphatic rings. The molecule has 0 saturated heterocycles. The van der Waals surface area contributed by atoms with Crippen molar-refractivity contribution in [2.45, 2.75) is 19.3 Å². The van der Waals surface area contributed by atoms with Crippen LogP contribution in [0.25, 0.3) is 87.7 Å². The number of nitrogens with zero attached hydrogens (tertiary/aromatic N) is 3. The van der Waals surface area contributed by atoms with Gasteiger partial charge in [0.2, 0.25) is 0 Å². The summed E-state index contributed by atoms with van der Waals surface area (Å²) in [7, 11) is 0. The van der Waals surface area contributed by atoms with Crippen molar-refractivity contribution in [3.63, 3.8) is 0 Å². The van der Waals surface area contributed by atoms with Crippen LogP contribution < -0.4 is 4.90 Å². The molecule has 0 amide bonds. The molecular weight excluding hydrogens is 671 g/mol. The van der Waals surface area contributed by atoms with Gasteiger partial charge in [0.05, 0.1) is 33.1 Å². The zero-order chi connectivity index (χ0) is 36.2. The predicted octanol–water partition coefficient (Wildman–Crippen LogP) is 13.9. The van der Waals surface area contributed by atoms with Crippen LogP contribution in [0.3, 0.4) is 0 Å². The maximum atomic E-state index is 6.50. The smallest absolute Gasteiger partial charge is 0.137 e. The average Bonchev–Trinajstić information content (AvgIpc) is 3.94. The van der Waals surface area contributed by atoms with Crippen molar-refractivity contribution in [2.75, 3.05) is 4.90 Å². The van der Waals surface area contributed by atoms with Gasteiger partial charge in [-0.1, -0.05) is 111 Å². The second-order valence-corrected chi connectivity index (χ2v) is 15.8. The Hall–Kier alpha value is -7.04. The molecule has 0 bridgehead atoms. The van der Waals surface area contributed by atoms with E-state index in [0.29, 0.717) is 0 Å². The van der Waals surface area contributed by atoms with Crippen LogP contribution in [-0.4, -0.2) is 8.80 Å². The monoisotopic (exact) mass is 703 g/mol. The summed E-state index contributed by atoms with van der Waals surface area (Å²) in [6.45, 7) is 4.71. The Labute approximate surface area is 316 Å². The normalized spacial score (nSPS) is 13.8. The number of rotatable bonds is 3. The summed E-state index contributed by atoms with van der Waals surface area (Å²) in [5.41, 5.74) is 17.5. The number of anilines is 3. The Morgan fingerprint density at radius 3 is 1.73 bits per heavy atom. The van der Waals surface area contributed by atoms with E-state index in [2.05, 4.69) is 185 Å². The van der Waals surface area contributed by atoms with Crippen LogP contribution in [0.1, 0.15) is 25.0 Å². The summed E-state index contributed by atoms with van der Waals surface area (Å²) in [6, 6.07) is 60.2. The molecule has 55 heavy (non-hydrogen) atoms. The third-order valence-electron chi connectivity index (χ3n) is 12.6. The summed E-state index contributed by atoms with van der Waals surface area (Å²) in [6.07, 6.45) is 0. The standard InChI is InChI=1S/C51H33N3O/c1-51(2)41-15-7-3-11-33(41)34-22-19-30(27-42(34)51)52(32-20-23-38-37-14-6-10-18-47(37)55-48(38)29-32)31-21-26-45-46(28-31)54-44-17-9-5-13-36(44)40-25-24-39-35-12-4-8-16-43(35)53(45)49(39)50(40)54/h3-29H,1-2H3. The van der Waals surface area contributed by atoms with Crippen LogP contribution >= 0.6 is 0 Å². The highest BCUT2D eigenvalue weighted by molar-refractivity contribution is 6.25. The summed E-state index contributed by atoms with van der Waals surface area (Å²) >= 11 is 0. The fraction of sp³-hybridized carbons (Fsp3) is 0.0588. The van der Waals surface area contributed by atoms with Crippen LogP contribution in [0.5, 0.6) is 0 Å². The number of hydrogen-bond acceptors (Lipinski definition) is 2. The highest BCUT2D eigenvalue weighted by atomic mass is 16.3. The zero-order valence-electron chi connectivity index (χ0n) is 30.3. The van der Waals surface area contributed by atoms with Gasteiger partial charge in [-0.25, -0.2) is 0 Å². The Morgan fingerprint density at radius 1 is 0.400 bits per heavy atom. The van der Waals surface area contributed by atoms with E-state index in [1.54, 1.807) is 0 Å². The van der Waals surface area contributed by atoms with Gasteiger partial charge < -0.3 is 18.1 Å². The maximum absolute atomic E-state index is 6.50. The van der Waals surface area contributed by atoms with Crippen molar-refractivity contribution in [3.8, 4) is 11.1 Å². The molecule has 1 aliphatic carbocycles. The fourth-order valence-electron chi connectivity index (χ4n) is 10.2. The van der Waals surface area contributed by atoms with Crippen molar-refractivity contribution in [1.82, 2.24) is 8.80 Å². The van der Waals surface area contributed by atoms with E-state index in [1.807, 2.05) is 6.07 Å². The molecule has 8 aromatic carbocycles. The zero-order valence-corrected chi connectivity index (χ0v) is 30.3. The van der Waals surface area contributed by atoms with E-state index in [-0.39, 0.29) is 5.41 Å². The molecule has 4 heteroatoms. The minimum atomic E-state index is -0.133. The third kappa shape index (κ3) is 3.66. The van der Waals surface area contributed by atoms with Gasteiger partial charge in [0.1, 0.15) is 11.2 Å². The molecule has 0 unspecified atom stereocenters. The van der Waals surface area contributed by atoms with E-state index in [0.717, 1.165) is 44.5 Å². The number of furan rings is 1. The van der Waals surface area contributed by atoms with Crippen molar-refractivity contribution in [2.24, 2.45) is 0 Å². The first-order chi connectivity index (χ1) is 27.0. The molecule has 4 nitrogen and oxygen atoms in total. The van der Waals surface area contributed by atoms with Crippen LogP contribution in [0.2, 0.25) is 0 Å². The summed E-state index contributed by atoms with van der Waals surface area (Å²) < 4.78 is 11.5. The molecule has 0 saturated carbocycles. The molecule has 0 radical (unpaired) electrons. The average molecular weight is 704 g/mol. The molecule has 12 aromatic rings. The van der Waals surface area contributed by atoms with E-state index in [1.165, 1.54) is 71.4 Å². The van der Waals surface area contributed by atoms with Gasteiger partial charge in [-0.3, -0.25) is 0 Å². The Balaban J connectivity index is 1.13. The lowest BCUT2D eigenvalue weighted by Crippen LogP contribution is -2.16. The maximum Gasteiger partial charge on any atom is 0.137 e. The molecule has 0 fully saturated rings. The third-order valence-corrected chi connectivity index (χ3v) is 12.6. The first-order valence-corrected chi connectivity index (χ1v) is 19.1. The van der Waals surface area contributed by atoms with Crippen LogP contribution in [-0.2, 0) is 5.41 Å². The lowest BCUT2D eigenvalue weighted by Gasteiger charge is -2.28. The molecular formula is C51H33N3O. The van der Waals surface area contributed by atoms with Crippen molar-refractivity contribution in [1.29, 1.82) is 0 Å². The van der Waals surface area contributed by atoms with Crippen molar-refractivity contribution >= 4 is 93.6 Å². The molecule has 0 aliphatic heterocycles. The SMILES string of the molecule is CC1(C)c2ccccc2-c2ccc(N(c3ccc4c(c3)oc3ccccc34)c3ccc4c(c3)n3c5ccccc5c5ccc6c7ccccc7n4c6c53)cc21. The van der Waals surface area contributed by atoms with Crippen LogP contribution in [0.15, 0.2) is 168 Å². The largest absolute Gasteiger partial charge is 0.456 e. The topological polar surface area (TPSA) is 25.2 Å². The number of para-hydroxylation sites is 3. The van der Waals surface area contributed by atoms with Gasteiger partial charge >= 0.3 is 0 Å². The number of hydrogen-bond donors (Lipinski definition) is 0. The quantitative estimate of drug-likeness (QED) is 0.171. The van der Waals surface area contributed by atoms with E-state index < -0.39 is 0 Å². The van der Waals surface area contributed by atoms with Gasteiger partial charge in [-0.15, -0.1) is 0 Å². The summed E-state index contributed by atoms with van der Waals surface area (Å²) in [5, 5.41) is 7.35. The van der Waals surface area contributed by atoms with E-state index >= 15 is 0 Å². The first-order valence-electron chi connectivity index (χ1n) is 19.1. The minimum Gasteiger partial charge on any atom is -0.456 e. The molecule has 0 N–H and O–H groups in total. The van der Waals surface area contributed by atoms with E-state index in [9.17, 15) is 0 Å². The molecule has 13 rings (SSSR count). The molecule has 0 spiro atoms. The van der Waals surface area contributed by atoms with Crippen LogP contribution in [0, 0.1) is 0 Å². The van der Waals surface area contributed by atoms with Gasteiger partial charge in [-0.2, -0.15) is 0 Å². The number of aromatic nitrogens is 2.